The van der Waals surface area contributed by atoms with Gasteiger partial charge in [0.1, 0.15) is 11.2 Å². The lowest BCUT2D eigenvalue weighted by Gasteiger charge is -2.14. The number of fused-ring (bicyclic) bond motifs is 4. The topological polar surface area (TPSA) is 26.0 Å². The maximum absolute atomic E-state index is 15.1. The Labute approximate surface area is 162 Å². The first-order chi connectivity index (χ1) is 13.5. The number of furan rings is 1. The van der Waals surface area contributed by atoms with Gasteiger partial charge in [-0.25, -0.2) is 9.37 Å². The number of aryl methyl sites for hydroxylation is 1. The standard InChI is InChI=1S/C25H20FNO/c1-14(2)23-22(26)17-9-4-5-10-18(17)24(27-23)20-13-15(3)12-19-16-8-6-7-11-21(16)28-25(19)20/h4-14H,1-3H3. The highest BCUT2D eigenvalue weighted by molar-refractivity contribution is 6.11. The molecule has 0 saturated heterocycles. The van der Waals surface area contributed by atoms with E-state index < -0.39 is 0 Å². The van der Waals surface area contributed by atoms with Crippen molar-refractivity contribution in [3.05, 3.63) is 77.7 Å². The molecular weight excluding hydrogens is 349 g/mol. The minimum Gasteiger partial charge on any atom is -0.455 e. The van der Waals surface area contributed by atoms with Crippen molar-refractivity contribution in [3.63, 3.8) is 0 Å². The van der Waals surface area contributed by atoms with Crippen LogP contribution in [0.5, 0.6) is 0 Å². The van der Waals surface area contributed by atoms with Crippen LogP contribution in [0.25, 0.3) is 44.0 Å². The van der Waals surface area contributed by atoms with Gasteiger partial charge < -0.3 is 4.42 Å². The van der Waals surface area contributed by atoms with E-state index in [0.29, 0.717) is 11.1 Å². The highest BCUT2D eigenvalue weighted by atomic mass is 19.1. The van der Waals surface area contributed by atoms with Crippen LogP contribution in [0.3, 0.4) is 0 Å². The molecule has 2 heterocycles. The van der Waals surface area contributed by atoms with Crippen LogP contribution in [0.4, 0.5) is 4.39 Å². The zero-order chi connectivity index (χ0) is 19.4. The Morgan fingerprint density at radius 1 is 0.857 bits per heavy atom. The lowest BCUT2D eigenvalue weighted by molar-refractivity contribution is 0.597. The molecule has 2 aromatic heterocycles. The van der Waals surface area contributed by atoms with E-state index in [1.54, 1.807) is 0 Å². The fourth-order valence-corrected chi connectivity index (χ4v) is 3.98. The lowest BCUT2D eigenvalue weighted by atomic mass is 9.97. The summed E-state index contributed by atoms with van der Waals surface area (Å²) in [6.07, 6.45) is 0. The summed E-state index contributed by atoms with van der Waals surface area (Å²) in [6, 6.07) is 19.8. The Kier molecular flexibility index (Phi) is 3.73. The van der Waals surface area contributed by atoms with Crippen molar-refractivity contribution in [2.45, 2.75) is 26.7 Å². The lowest BCUT2D eigenvalue weighted by Crippen LogP contribution is -2.01. The fraction of sp³-hybridized carbons (Fsp3) is 0.160. The molecule has 0 aliphatic carbocycles. The third-order valence-electron chi connectivity index (χ3n) is 5.30. The van der Waals surface area contributed by atoms with Gasteiger partial charge in [0, 0.05) is 27.1 Å². The summed E-state index contributed by atoms with van der Waals surface area (Å²) >= 11 is 0. The first kappa shape index (κ1) is 16.9. The van der Waals surface area contributed by atoms with Crippen molar-refractivity contribution in [1.82, 2.24) is 4.98 Å². The van der Waals surface area contributed by atoms with E-state index in [9.17, 15) is 0 Å². The highest BCUT2D eigenvalue weighted by Gasteiger charge is 2.20. The van der Waals surface area contributed by atoms with Gasteiger partial charge in [0.25, 0.3) is 0 Å². The van der Waals surface area contributed by atoms with Gasteiger partial charge in [-0.2, -0.15) is 0 Å². The van der Waals surface area contributed by atoms with Crippen molar-refractivity contribution < 1.29 is 8.81 Å². The van der Waals surface area contributed by atoms with Gasteiger partial charge in [-0.15, -0.1) is 0 Å². The van der Waals surface area contributed by atoms with Gasteiger partial charge in [0.2, 0.25) is 0 Å². The highest BCUT2D eigenvalue weighted by Crippen LogP contribution is 2.39. The molecule has 0 fully saturated rings. The first-order valence-corrected chi connectivity index (χ1v) is 9.55. The molecule has 0 aliphatic heterocycles. The van der Waals surface area contributed by atoms with E-state index in [-0.39, 0.29) is 11.7 Å². The first-order valence-electron chi connectivity index (χ1n) is 9.55. The summed E-state index contributed by atoms with van der Waals surface area (Å²) in [5.74, 6) is -0.248. The largest absolute Gasteiger partial charge is 0.455 e. The second-order valence-electron chi connectivity index (χ2n) is 7.65. The minimum absolute atomic E-state index is 0.0145. The summed E-state index contributed by atoms with van der Waals surface area (Å²) in [5, 5.41) is 3.54. The molecular formula is C25H20FNO. The van der Waals surface area contributed by atoms with E-state index in [2.05, 4.69) is 25.1 Å². The van der Waals surface area contributed by atoms with Crippen LogP contribution in [0, 0.1) is 12.7 Å². The number of aromatic nitrogens is 1. The van der Waals surface area contributed by atoms with Gasteiger partial charge in [0.05, 0.1) is 11.4 Å². The molecule has 0 N–H and O–H groups in total. The second kappa shape index (κ2) is 6.16. The minimum atomic E-state index is -0.233. The smallest absolute Gasteiger partial charge is 0.152 e. The van der Waals surface area contributed by atoms with E-state index in [1.165, 1.54) is 0 Å². The zero-order valence-electron chi connectivity index (χ0n) is 16.1. The SMILES string of the molecule is Cc1cc(-c2nc(C(C)C)c(F)c3ccccc23)c2oc3ccccc3c2c1. The van der Waals surface area contributed by atoms with Crippen molar-refractivity contribution >= 4 is 32.7 Å². The van der Waals surface area contributed by atoms with Gasteiger partial charge >= 0.3 is 0 Å². The summed E-state index contributed by atoms with van der Waals surface area (Å²) in [6.45, 7) is 6.01. The summed E-state index contributed by atoms with van der Waals surface area (Å²) in [5.41, 5.74) is 4.93. The normalized spacial score (nSPS) is 11.9. The Morgan fingerprint density at radius 3 is 2.29 bits per heavy atom. The molecule has 0 bridgehead atoms. The molecule has 5 rings (SSSR count). The van der Waals surface area contributed by atoms with Crippen LogP contribution < -0.4 is 0 Å². The molecule has 0 atom stereocenters. The molecule has 3 heteroatoms. The molecule has 2 nitrogen and oxygen atoms in total. The number of para-hydroxylation sites is 1. The molecule has 28 heavy (non-hydrogen) atoms. The molecule has 0 spiro atoms. The predicted octanol–water partition coefficient (Wildman–Crippen LogP) is 7.37. The number of pyridine rings is 1. The van der Waals surface area contributed by atoms with Crippen molar-refractivity contribution in [3.8, 4) is 11.3 Å². The van der Waals surface area contributed by atoms with Gasteiger partial charge in [-0.1, -0.05) is 56.3 Å². The molecule has 0 unspecified atom stereocenters. The second-order valence-corrected chi connectivity index (χ2v) is 7.65. The van der Waals surface area contributed by atoms with Crippen molar-refractivity contribution in [1.29, 1.82) is 0 Å². The zero-order valence-corrected chi connectivity index (χ0v) is 16.1. The Hall–Kier alpha value is -3.20. The number of halogens is 1. The van der Waals surface area contributed by atoms with E-state index in [4.69, 9.17) is 9.40 Å². The Bertz CT molecular complexity index is 1360. The van der Waals surface area contributed by atoms with Gasteiger partial charge in [-0.05, 0) is 36.6 Å². The van der Waals surface area contributed by atoms with Crippen LogP contribution in [0.15, 0.2) is 65.1 Å². The van der Waals surface area contributed by atoms with Crippen molar-refractivity contribution in [2.75, 3.05) is 0 Å². The fourth-order valence-electron chi connectivity index (χ4n) is 3.98. The van der Waals surface area contributed by atoms with Crippen LogP contribution in [0.2, 0.25) is 0 Å². The van der Waals surface area contributed by atoms with E-state index in [1.807, 2.05) is 56.3 Å². The van der Waals surface area contributed by atoms with Crippen molar-refractivity contribution in [2.24, 2.45) is 0 Å². The van der Waals surface area contributed by atoms with E-state index in [0.717, 1.165) is 44.1 Å². The van der Waals surface area contributed by atoms with Gasteiger partial charge in [0.15, 0.2) is 5.82 Å². The summed E-state index contributed by atoms with van der Waals surface area (Å²) in [7, 11) is 0. The third kappa shape index (κ3) is 2.43. The number of hydrogen-bond donors (Lipinski definition) is 0. The molecule has 0 aliphatic rings. The summed E-state index contributed by atoms with van der Waals surface area (Å²) in [4.78, 5) is 4.80. The quantitative estimate of drug-likeness (QED) is 0.324. The number of rotatable bonds is 2. The molecule has 0 amide bonds. The Balaban J connectivity index is 1.96. The summed E-state index contributed by atoms with van der Waals surface area (Å²) < 4.78 is 21.3. The maximum atomic E-state index is 15.1. The van der Waals surface area contributed by atoms with Crippen LogP contribution in [-0.2, 0) is 0 Å². The Morgan fingerprint density at radius 2 is 1.54 bits per heavy atom. The molecule has 0 radical (unpaired) electrons. The third-order valence-corrected chi connectivity index (χ3v) is 5.30. The molecule has 138 valence electrons. The number of benzene rings is 3. The molecule has 0 saturated carbocycles. The van der Waals surface area contributed by atoms with Crippen LogP contribution in [0.1, 0.15) is 31.0 Å². The van der Waals surface area contributed by atoms with Crippen LogP contribution in [-0.4, -0.2) is 4.98 Å². The monoisotopic (exact) mass is 369 g/mol. The maximum Gasteiger partial charge on any atom is 0.152 e. The molecule has 5 aromatic rings. The molecule has 3 aromatic carbocycles. The predicted molar refractivity (Wildman–Crippen MR) is 113 cm³/mol. The van der Waals surface area contributed by atoms with Crippen LogP contribution >= 0.6 is 0 Å². The number of hydrogen-bond acceptors (Lipinski definition) is 2. The average molecular weight is 369 g/mol. The van der Waals surface area contributed by atoms with E-state index >= 15 is 4.39 Å². The number of nitrogens with zero attached hydrogens (tertiary/aromatic N) is 1. The average Bonchev–Trinajstić information content (AvgIpc) is 3.06. The van der Waals surface area contributed by atoms with Gasteiger partial charge in [-0.3, -0.25) is 0 Å².